The lowest BCUT2D eigenvalue weighted by Crippen LogP contribution is -2.34. The second-order valence-corrected chi connectivity index (χ2v) is 3.15. The summed E-state index contributed by atoms with van der Waals surface area (Å²) in [4.78, 5) is 10.4. The number of carbonyl (C=O) groups is 1. The van der Waals surface area contributed by atoms with Crippen molar-refractivity contribution >= 4 is 5.91 Å². The third kappa shape index (κ3) is 3.37. The number of hydrogen-bond donors (Lipinski definition) is 2. The van der Waals surface area contributed by atoms with Crippen LogP contribution in [0.1, 0.15) is 32.1 Å². The molecule has 0 saturated carbocycles. The third-order valence-electron chi connectivity index (χ3n) is 2.15. The summed E-state index contributed by atoms with van der Waals surface area (Å²) in [5.41, 5.74) is 5.04. The first-order valence-electron chi connectivity index (χ1n) is 4.31. The van der Waals surface area contributed by atoms with E-state index in [1.807, 2.05) is 0 Å². The molecular weight excluding hydrogens is 140 g/mol. The van der Waals surface area contributed by atoms with Crippen LogP contribution in [0, 0.1) is 0 Å². The fraction of sp³-hybridized carbons (Fsp3) is 0.875. The Morgan fingerprint density at radius 1 is 1.55 bits per heavy atom. The van der Waals surface area contributed by atoms with E-state index >= 15 is 0 Å². The molecule has 3 N–H and O–H groups in total. The molecule has 0 aromatic heterocycles. The second kappa shape index (κ2) is 4.34. The first kappa shape index (κ1) is 8.53. The second-order valence-electron chi connectivity index (χ2n) is 3.15. The molecule has 64 valence electrons. The highest BCUT2D eigenvalue weighted by atomic mass is 16.1. The van der Waals surface area contributed by atoms with Crippen molar-refractivity contribution in [3.8, 4) is 0 Å². The van der Waals surface area contributed by atoms with Crippen molar-refractivity contribution in [1.82, 2.24) is 5.32 Å². The number of rotatable bonds is 3. The minimum absolute atomic E-state index is 0.183. The van der Waals surface area contributed by atoms with Gasteiger partial charge in [-0.3, -0.25) is 4.79 Å². The predicted molar refractivity (Wildman–Crippen MR) is 44.1 cm³/mol. The van der Waals surface area contributed by atoms with Crippen LogP contribution in [0.25, 0.3) is 0 Å². The summed E-state index contributed by atoms with van der Waals surface area (Å²) in [6.07, 6.45) is 5.20. The smallest absolute Gasteiger partial charge is 0.217 e. The molecule has 0 aromatic rings. The van der Waals surface area contributed by atoms with E-state index in [2.05, 4.69) is 5.32 Å². The van der Waals surface area contributed by atoms with Crippen LogP contribution in [0.15, 0.2) is 0 Å². The molecule has 1 unspecified atom stereocenters. The zero-order valence-electron chi connectivity index (χ0n) is 6.81. The van der Waals surface area contributed by atoms with Gasteiger partial charge in [0, 0.05) is 12.5 Å². The van der Waals surface area contributed by atoms with Crippen LogP contribution < -0.4 is 11.1 Å². The Hall–Kier alpha value is -0.570. The summed E-state index contributed by atoms with van der Waals surface area (Å²) < 4.78 is 0. The Morgan fingerprint density at radius 2 is 2.36 bits per heavy atom. The van der Waals surface area contributed by atoms with Gasteiger partial charge in [-0.1, -0.05) is 6.42 Å². The van der Waals surface area contributed by atoms with Gasteiger partial charge in [-0.05, 0) is 25.8 Å². The SMILES string of the molecule is NC(=O)CCC1CCCCN1. The van der Waals surface area contributed by atoms with Crippen molar-refractivity contribution < 1.29 is 4.79 Å². The van der Waals surface area contributed by atoms with Gasteiger partial charge < -0.3 is 11.1 Å². The molecule has 1 heterocycles. The van der Waals surface area contributed by atoms with E-state index in [9.17, 15) is 4.79 Å². The summed E-state index contributed by atoms with van der Waals surface area (Å²) >= 11 is 0. The standard InChI is InChI=1S/C8H16N2O/c9-8(11)5-4-7-3-1-2-6-10-7/h7,10H,1-6H2,(H2,9,11). The first-order valence-corrected chi connectivity index (χ1v) is 4.31. The van der Waals surface area contributed by atoms with Gasteiger partial charge in [0.25, 0.3) is 0 Å². The Balaban J connectivity index is 2.09. The van der Waals surface area contributed by atoms with Gasteiger partial charge in [-0.2, -0.15) is 0 Å². The highest BCUT2D eigenvalue weighted by Crippen LogP contribution is 2.10. The maximum Gasteiger partial charge on any atom is 0.217 e. The largest absolute Gasteiger partial charge is 0.370 e. The molecular formula is C8H16N2O. The van der Waals surface area contributed by atoms with Crippen LogP contribution in [-0.4, -0.2) is 18.5 Å². The van der Waals surface area contributed by atoms with E-state index in [0.29, 0.717) is 12.5 Å². The molecule has 0 bridgehead atoms. The van der Waals surface area contributed by atoms with Crippen molar-refractivity contribution in [2.24, 2.45) is 5.73 Å². The Bertz CT molecular complexity index is 130. The molecule has 3 heteroatoms. The average molecular weight is 156 g/mol. The number of amides is 1. The van der Waals surface area contributed by atoms with Gasteiger partial charge >= 0.3 is 0 Å². The number of carbonyl (C=O) groups excluding carboxylic acids is 1. The molecule has 1 amide bonds. The lowest BCUT2D eigenvalue weighted by Gasteiger charge is -2.22. The number of nitrogens with two attached hydrogens (primary N) is 1. The molecule has 0 radical (unpaired) electrons. The quantitative estimate of drug-likeness (QED) is 0.621. The molecule has 0 aromatic carbocycles. The van der Waals surface area contributed by atoms with E-state index < -0.39 is 0 Å². The summed E-state index contributed by atoms with van der Waals surface area (Å²) in [6.45, 7) is 1.10. The van der Waals surface area contributed by atoms with Gasteiger partial charge in [0.05, 0.1) is 0 Å². The normalized spacial score (nSPS) is 24.9. The summed E-state index contributed by atoms with van der Waals surface area (Å²) in [5, 5.41) is 3.37. The molecule has 1 atom stereocenters. The molecule has 1 aliphatic rings. The van der Waals surface area contributed by atoms with Crippen LogP contribution in [0.2, 0.25) is 0 Å². The summed E-state index contributed by atoms with van der Waals surface area (Å²) in [6, 6.07) is 0.538. The predicted octanol–water partition coefficient (Wildman–Crippen LogP) is 0.394. The van der Waals surface area contributed by atoms with E-state index in [0.717, 1.165) is 13.0 Å². The van der Waals surface area contributed by atoms with Crippen molar-refractivity contribution in [1.29, 1.82) is 0 Å². The van der Waals surface area contributed by atoms with Gasteiger partial charge in [0.15, 0.2) is 0 Å². The molecule has 1 saturated heterocycles. The van der Waals surface area contributed by atoms with Gasteiger partial charge in [-0.25, -0.2) is 0 Å². The van der Waals surface area contributed by atoms with Crippen LogP contribution in [-0.2, 0) is 4.79 Å². The van der Waals surface area contributed by atoms with Crippen LogP contribution >= 0.6 is 0 Å². The van der Waals surface area contributed by atoms with Crippen LogP contribution in [0.4, 0.5) is 0 Å². The summed E-state index contributed by atoms with van der Waals surface area (Å²) in [5.74, 6) is -0.183. The summed E-state index contributed by atoms with van der Waals surface area (Å²) in [7, 11) is 0. The fourth-order valence-electron chi connectivity index (χ4n) is 1.49. The van der Waals surface area contributed by atoms with Crippen LogP contribution in [0.5, 0.6) is 0 Å². The van der Waals surface area contributed by atoms with E-state index in [1.165, 1.54) is 19.3 Å². The van der Waals surface area contributed by atoms with E-state index in [-0.39, 0.29) is 5.91 Å². The first-order chi connectivity index (χ1) is 5.29. The fourth-order valence-corrected chi connectivity index (χ4v) is 1.49. The third-order valence-corrected chi connectivity index (χ3v) is 2.15. The molecule has 3 nitrogen and oxygen atoms in total. The van der Waals surface area contributed by atoms with Crippen molar-refractivity contribution in [2.75, 3.05) is 6.54 Å². The zero-order valence-corrected chi connectivity index (χ0v) is 6.81. The topological polar surface area (TPSA) is 55.1 Å². The minimum atomic E-state index is -0.183. The molecule has 0 spiro atoms. The molecule has 1 aliphatic heterocycles. The van der Waals surface area contributed by atoms with Crippen molar-refractivity contribution in [3.63, 3.8) is 0 Å². The van der Waals surface area contributed by atoms with Crippen molar-refractivity contribution in [2.45, 2.75) is 38.1 Å². The van der Waals surface area contributed by atoms with Crippen LogP contribution in [0.3, 0.4) is 0 Å². The molecule has 1 rings (SSSR count). The monoisotopic (exact) mass is 156 g/mol. The van der Waals surface area contributed by atoms with E-state index in [4.69, 9.17) is 5.73 Å². The minimum Gasteiger partial charge on any atom is -0.370 e. The maximum atomic E-state index is 10.4. The number of piperidine rings is 1. The van der Waals surface area contributed by atoms with Gasteiger partial charge in [-0.15, -0.1) is 0 Å². The zero-order chi connectivity index (χ0) is 8.10. The molecule has 11 heavy (non-hydrogen) atoms. The highest BCUT2D eigenvalue weighted by Gasteiger charge is 2.12. The number of nitrogens with one attached hydrogen (secondary N) is 1. The van der Waals surface area contributed by atoms with Crippen molar-refractivity contribution in [3.05, 3.63) is 0 Å². The Labute approximate surface area is 67.3 Å². The molecule has 1 fully saturated rings. The lowest BCUT2D eigenvalue weighted by molar-refractivity contribution is -0.118. The van der Waals surface area contributed by atoms with Gasteiger partial charge in [0.2, 0.25) is 5.91 Å². The highest BCUT2D eigenvalue weighted by molar-refractivity contribution is 5.73. The number of primary amides is 1. The van der Waals surface area contributed by atoms with Gasteiger partial charge in [0.1, 0.15) is 0 Å². The Kier molecular flexibility index (Phi) is 3.36. The average Bonchev–Trinajstić information content (AvgIpc) is 2.03. The number of hydrogen-bond acceptors (Lipinski definition) is 2. The Morgan fingerprint density at radius 3 is 2.91 bits per heavy atom. The lowest BCUT2D eigenvalue weighted by atomic mass is 10.0. The molecule has 0 aliphatic carbocycles. The van der Waals surface area contributed by atoms with E-state index in [1.54, 1.807) is 0 Å². The maximum absolute atomic E-state index is 10.4.